The first-order valence-electron chi connectivity index (χ1n) is 15.7. The van der Waals surface area contributed by atoms with Crippen LogP contribution in [-0.2, 0) is 27.3 Å². The van der Waals surface area contributed by atoms with Crippen LogP contribution < -0.4 is 16.0 Å². The molecule has 1 aliphatic rings. The zero-order chi connectivity index (χ0) is 31.4. The van der Waals surface area contributed by atoms with Gasteiger partial charge in [-0.15, -0.1) is 0 Å². The fraction of sp³-hybridized carbons (Fsp3) is 0.588. The minimum Gasteiger partial charge on any atom is -0.392 e. The van der Waals surface area contributed by atoms with Crippen molar-refractivity contribution in [1.29, 1.82) is 0 Å². The van der Waals surface area contributed by atoms with Gasteiger partial charge in [0.1, 0.15) is 6.04 Å². The second kappa shape index (κ2) is 16.5. The molecule has 9 heteroatoms. The number of aliphatic hydroxyl groups is 1. The van der Waals surface area contributed by atoms with Crippen LogP contribution in [0.2, 0.25) is 0 Å². The number of hydrogen-bond acceptors (Lipinski definition) is 6. The maximum Gasteiger partial charge on any atom is 0.243 e. The fourth-order valence-corrected chi connectivity index (χ4v) is 5.58. The molecule has 2 unspecified atom stereocenters. The number of amides is 3. The van der Waals surface area contributed by atoms with Gasteiger partial charge in [-0.3, -0.25) is 24.3 Å². The molecule has 3 amide bonds. The Morgan fingerprint density at radius 2 is 1.77 bits per heavy atom. The normalized spacial score (nSPS) is 18.6. The molecular weight excluding hydrogens is 542 g/mol. The molecule has 2 heterocycles. The third-order valence-corrected chi connectivity index (χ3v) is 8.08. The fourth-order valence-electron chi connectivity index (χ4n) is 5.58. The molecule has 3 rings (SSSR count). The molecule has 0 bridgehead atoms. The third-order valence-electron chi connectivity index (χ3n) is 8.08. The van der Waals surface area contributed by atoms with Crippen molar-refractivity contribution in [3.63, 3.8) is 0 Å². The molecule has 0 radical (unpaired) electrons. The van der Waals surface area contributed by atoms with Gasteiger partial charge >= 0.3 is 0 Å². The van der Waals surface area contributed by atoms with Gasteiger partial charge in [-0.05, 0) is 76.6 Å². The van der Waals surface area contributed by atoms with Gasteiger partial charge in [0.2, 0.25) is 17.7 Å². The van der Waals surface area contributed by atoms with Crippen molar-refractivity contribution in [3.05, 3.63) is 66.0 Å². The molecule has 2 aromatic rings. The highest BCUT2D eigenvalue weighted by Crippen LogP contribution is 2.22. The van der Waals surface area contributed by atoms with Crippen molar-refractivity contribution in [2.75, 3.05) is 13.1 Å². The summed E-state index contributed by atoms with van der Waals surface area (Å²) in [6.07, 6.45) is 4.89. The van der Waals surface area contributed by atoms with E-state index in [1.807, 2.05) is 83.1 Å². The second-order valence-corrected chi connectivity index (χ2v) is 12.9. The van der Waals surface area contributed by atoms with Crippen LogP contribution >= 0.6 is 0 Å². The van der Waals surface area contributed by atoms with Crippen LogP contribution in [0.25, 0.3) is 0 Å². The van der Waals surface area contributed by atoms with E-state index < -0.39 is 18.1 Å². The molecule has 236 valence electrons. The van der Waals surface area contributed by atoms with Crippen molar-refractivity contribution in [2.24, 2.45) is 11.8 Å². The Kier molecular flexibility index (Phi) is 13.1. The Hall–Kier alpha value is -3.30. The van der Waals surface area contributed by atoms with E-state index in [4.69, 9.17) is 0 Å². The number of aliphatic hydroxyl groups excluding tert-OH is 1. The van der Waals surface area contributed by atoms with Crippen LogP contribution in [0.1, 0.15) is 78.0 Å². The van der Waals surface area contributed by atoms with Gasteiger partial charge in [-0.25, -0.2) is 0 Å². The summed E-state index contributed by atoms with van der Waals surface area (Å²) < 4.78 is 0. The van der Waals surface area contributed by atoms with E-state index in [1.165, 1.54) is 0 Å². The van der Waals surface area contributed by atoms with Crippen LogP contribution in [0.3, 0.4) is 0 Å². The molecule has 1 aromatic heterocycles. The predicted octanol–water partition coefficient (Wildman–Crippen LogP) is 3.61. The smallest absolute Gasteiger partial charge is 0.243 e. The molecule has 43 heavy (non-hydrogen) atoms. The molecule has 4 N–H and O–H groups in total. The van der Waals surface area contributed by atoms with Crippen molar-refractivity contribution >= 4 is 17.7 Å². The van der Waals surface area contributed by atoms with Gasteiger partial charge in [-0.2, -0.15) is 0 Å². The average Bonchev–Trinajstić information content (AvgIpc) is 2.98. The lowest BCUT2D eigenvalue weighted by Crippen LogP contribution is -2.55. The number of pyridine rings is 1. The van der Waals surface area contributed by atoms with Crippen molar-refractivity contribution < 1.29 is 19.5 Å². The first-order chi connectivity index (χ1) is 20.5. The summed E-state index contributed by atoms with van der Waals surface area (Å²) in [4.78, 5) is 46.5. The minimum atomic E-state index is -0.817. The lowest BCUT2D eigenvalue weighted by atomic mass is 9.90. The number of carbonyl (C=O) groups is 3. The zero-order valence-corrected chi connectivity index (χ0v) is 26.5. The van der Waals surface area contributed by atoms with E-state index in [0.717, 1.165) is 37.1 Å². The SMILES string of the molecule is CC[C@H](C)[C@H](NC(=O)C(Cc1ccccc1)CC(O)CN1CCCC[C@H]1C(=O)NC(C)(C)C)C(=O)NCc1ccccn1. The number of aromatic nitrogens is 1. The molecule has 1 fully saturated rings. The number of nitrogens with zero attached hydrogens (tertiary/aromatic N) is 2. The van der Waals surface area contributed by atoms with E-state index in [9.17, 15) is 19.5 Å². The second-order valence-electron chi connectivity index (χ2n) is 12.9. The first kappa shape index (κ1) is 34.2. The summed E-state index contributed by atoms with van der Waals surface area (Å²) in [5.74, 6) is -1.19. The van der Waals surface area contributed by atoms with E-state index in [0.29, 0.717) is 19.4 Å². The molecule has 0 saturated carbocycles. The van der Waals surface area contributed by atoms with Crippen molar-refractivity contribution in [3.8, 4) is 0 Å². The molecule has 5 atom stereocenters. The molecule has 0 aliphatic carbocycles. The van der Waals surface area contributed by atoms with Crippen LogP contribution in [0.4, 0.5) is 0 Å². The van der Waals surface area contributed by atoms with Gasteiger partial charge in [0.25, 0.3) is 0 Å². The molecule has 1 saturated heterocycles. The Balaban J connectivity index is 1.72. The lowest BCUT2D eigenvalue weighted by Gasteiger charge is -2.37. The van der Waals surface area contributed by atoms with E-state index in [-0.39, 0.29) is 48.2 Å². The van der Waals surface area contributed by atoms with Crippen molar-refractivity contribution in [2.45, 2.75) is 103 Å². The first-order valence-corrected chi connectivity index (χ1v) is 15.7. The molecule has 9 nitrogen and oxygen atoms in total. The van der Waals surface area contributed by atoms with Gasteiger partial charge in [0.15, 0.2) is 0 Å². The predicted molar refractivity (Wildman–Crippen MR) is 169 cm³/mol. The highest BCUT2D eigenvalue weighted by atomic mass is 16.3. The van der Waals surface area contributed by atoms with Crippen LogP contribution in [0.5, 0.6) is 0 Å². The third kappa shape index (κ3) is 11.4. The van der Waals surface area contributed by atoms with E-state index in [2.05, 4.69) is 25.8 Å². The number of rotatable bonds is 14. The summed E-state index contributed by atoms with van der Waals surface area (Å²) in [5.41, 5.74) is 1.38. The summed E-state index contributed by atoms with van der Waals surface area (Å²) >= 11 is 0. The Morgan fingerprint density at radius 1 is 1.05 bits per heavy atom. The maximum atomic E-state index is 13.8. The van der Waals surface area contributed by atoms with E-state index >= 15 is 0 Å². The minimum absolute atomic E-state index is 0.0221. The summed E-state index contributed by atoms with van der Waals surface area (Å²) in [6.45, 7) is 11.1. The number of hydrogen-bond donors (Lipinski definition) is 4. The van der Waals surface area contributed by atoms with Gasteiger partial charge in [0, 0.05) is 24.2 Å². The van der Waals surface area contributed by atoms with Crippen LogP contribution in [0, 0.1) is 11.8 Å². The standard InChI is InChI=1S/C34H51N5O4/c1-6-24(2)30(33(43)36-22-27-16-10-12-18-35-27)37-31(41)26(20-25-14-8-7-9-15-25)21-28(40)23-39-19-13-11-17-29(39)32(42)38-34(3,4)5/h7-10,12,14-16,18,24,26,28-30,40H,6,11,13,17,19-23H2,1-5H3,(H,36,43)(H,37,41)(H,38,42)/t24-,26?,28?,29-,30-/m0/s1. The quantitative estimate of drug-likeness (QED) is 0.265. The van der Waals surface area contributed by atoms with Gasteiger partial charge in [0.05, 0.1) is 24.4 Å². The van der Waals surface area contributed by atoms with Crippen LogP contribution in [0.15, 0.2) is 54.7 Å². The highest BCUT2D eigenvalue weighted by molar-refractivity contribution is 5.88. The molecule has 0 spiro atoms. The largest absolute Gasteiger partial charge is 0.392 e. The molecule has 1 aromatic carbocycles. The topological polar surface area (TPSA) is 124 Å². The number of piperidine rings is 1. The Morgan fingerprint density at radius 3 is 2.42 bits per heavy atom. The lowest BCUT2D eigenvalue weighted by molar-refractivity contribution is -0.133. The van der Waals surface area contributed by atoms with Gasteiger partial charge in [-0.1, -0.05) is 63.1 Å². The maximum absolute atomic E-state index is 13.8. The average molecular weight is 594 g/mol. The summed E-state index contributed by atoms with van der Waals surface area (Å²) in [5, 5.41) is 20.3. The molecule has 1 aliphatic heterocycles. The van der Waals surface area contributed by atoms with E-state index in [1.54, 1.807) is 6.20 Å². The number of nitrogens with one attached hydrogen (secondary N) is 3. The monoisotopic (exact) mass is 593 g/mol. The molecular formula is C34H51N5O4. The number of likely N-dealkylation sites (tertiary alicyclic amines) is 1. The Labute approximate surface area is 257 Å². The highest BCUT2D eigenvalue weighted by Gasteiger charge is 2.34. The van der Waals surface area contributed by atoms with Crippen LogP contribution in [-0.4, -0.2) is 69.5 Å². The zero-order valence-electron chi connectivity index (χ0n) is 26.5. The number of β-amino-alcohol motifs (C(OH)–C–C–N with tert-alkyl or cyclic N) is 1. The Bertz CT molecular complexity index is 1150. The summed E-state index contributed by atoms with van der Waals surface area (Å²) in [6, 6.07) is 14.2. The number of benzene rings is 1. The summed E-state index contributed by atoms with van der Waals surface area (Å²) in [7, 11) is 0. The van der Waals surface area contributed by atoms with Crippen molar-refractivity contribution in [1.82, 2.24) is 25.8 Å². The van der Waals surface area contributed by atoms with Gasteiger partial charge < -0.3 is 21.1 Å². The number of carbonyl (C=O) groups excluding carboxylic acids is 3.